The molecule has 0 N–H and O–H groups in total. The van der Waals surface area contributed by atoms with Crippen molar-refractivity contribution in [3.8, 4) is 0 Å². The van der Waals surface area contributed by atoms with Crippen LogP contribution in [0, 0.1) is 0 Å². The van der Waals surface area contributed by atoms with Crippen LogP contribution in [0.2, 0.25) is 0 Å². The molecule has 4 nitrogen and oxygen atoms in total. The summed E-state index contributed by atoms with van der Waals surface area (Å²) in [5, 5.41) is 0. The summed E-state index contributed by atoms with van der Waals surface area (Å²) in [4.78, 5) is 29.4. The molecular formula is C16H12N2O2S. The van der Waals surface area contributed by atoms with E-state index in [4.69, 9.17) is 0 Å². The second-order valence-corrected chi connectivity index (χ2v) is 5.35. The molecule has 0 aliphatic carbocycles. The zero-order chi connectivity index (χ0) is 14.9. The van der Waals surface area contributed by atoms with Crippen LogP contribution in [0.5, 0.6) is 0 Å². The number of hydrogen-bond acceptors (Lipinski definition) is 5. The number of aliphatic imine (C=N–C) groups is 2. The van der Waals surface area contributed by atoms with Crippen LogP contribution in [0.1, 0.15) is 11.1 Å². The minimum absolute atomic E-state index is 0.362. The van der Waals surface area contributed by atoms with Crippen molar-refractivity contribution in [1.82, 2.24) is 0 Å². The Morgan fingerprint density at radius 2 is 1.10 bits per heavy atom. The van der Waals surface area contributed by atoms with Crippen molar-refractivity contribution in [2.24, 2.45) is 9.98 Å². The smallest absolute Gasteiger partial charge is 0.211 e. The van der Waals surface area contributed by atoms with Gasteiger partial charge in [-0.2, -0.15) is 0 Å². The van der Waals surface area contributed by atoms with Gasteiger partial charge >= 0.3 is 0 Å². The summed E-state index contributed by atoms with van der Waals surface area (Å²) in [7, 11) is 0. The number of benzene rings is 2. The van der Waals surface area contributed by atoms with E-state index in [1.807, 2.05) is 48.5 Å². The third-order valence-electron chi connectivity index (χ3n) is 2.73. The summed E-state index contributed by atoms with van der Waals surface area (Å²) in [5.74, 6) is 0. The zero-order valence-electron chi connectivity index (χ0n) is 11.2. The molecule has 0 fully saturated rings. The molecule has 0 heterocycles. The average Bonchev–Trinajstić information content (AvgIpc) is 2.53. The van der Waals surface area contributed by atoms with E-state index in [-0.39, 0.29) is 0 Å². The first-order valence-electron chi connectivity index (χ1n) is 6.25. The van der Waals surface area contributed by atoms with Crippen molar-refractivity contribution in [2.75, 3.05) is 0 Å². The first-order chi connectivity index (χ1) is 10.3. The van der Waals surface area contributed by atoms with Gasteiger partial charge in [-0.3, -0.25) is 0 Å². The number of hydrogen-bond donors (Lipinski definition) is 0. The summed E-state index contributed by atoms with van der Waals surface area (Å²) >= 11 is 1.64. The molecule has 0 spiro atoms. The van der Waals surface area contributed by atoms with Crippen LogP contribution in [0.4, 0.5) is 0 Å². The molecule has 0 aliphatic rings. The SMILES string of the molecule is O=C=NCc1ccc(Sc2ccc(CN=C=O)cc2)cc1. The second kappa shape index (κ2) is 7.98. The summed E-state index contributed by atoms with van der Waals surface area (Å²) in [6, 6.07) is 15.7. The maximum atomic E-state index is 10.1. The van der Waals surface area contributed by atoms with Crippen LogP contribution in [0.25, 0.3) is 0 Å². The Hall–Kier alpha value is -2.45. The van der Waals surface area contributed by atoms with Crippen molar-refractivity contribution < 1.29 is 9.59 Å². The highest BCUT2D eigenvalue weighted by Gasteiger charge is 1.99. The molecule has 0 atom stereocenters. The normalized spacial score (nSPS) is 9.52. The van der Waals surface area contributed by atoms with E-state index in [0.717, 1.165) is 20.9 Å². The summed E-state index contributed by atoms with van der Waals surface area (Å²) < 4.78 is 0. The Bertz CT molecular complexity index is 622. The fourth-order valence-corrected chi connectivity index (χ4v) is 2.53. The van der Waals surface area contributed by atoms with Gasteiger partial charge in [0, 0.05) is 9.79 Å². The van der Waals surface area contributed by atoms with Gasteiger partial charge in [0.2, 0.25) is 12.2 Å². The minimum Gasteiger partial charge on any atom is -0.211 e. The molecule has 0 saturated carbocycles. The fraction of sp³-hybridized carbons (Fsp3) is 0.125. The third-order valence-corrected chi connectivity index (χ3v) is 3.75. The Labute approximate surface area is 126 Å². The maximum absolute atomic E-state index is 10.1. The highest BCUT2D eigenvalue weighted by atomic mass is 32.2. The van der Waals surface area contributed by atoms with Gasteiger partial charge in [-0.25, -0.2) is 19.6 Å². The lowest BCUT2D eigenvalue weighted by molar-refractivity contribution is 0.562. The van der Waals surface area contributed by atoms with Crippen molar-refractivity contribution in [3.63, 3.8) is 0 Å². The Kier molecular flexibility index (Phi) is 5.68. The van der Waals surface area contributed by atoms with Crippen molar-refractivity contribution in [2.45, 2.75) is 22.9 Å². The van der Waals surface area contributed by atoms with E-state index in [2.05, 4.69) is 9.98 Å². The molecule has 0 aromatic heterocycles. The molecule has 5 heteroatoms. The average molecular weight is 296 g/mol. The quantitative estimate of drug-likeness (QED) is 0.605. The number of isocyanates is 2. The monoisotopic (exact) mass is 296 g/mol. The van der Waals surface area contributed by atoms with E-state index < -0.39 is 0 Å². The molecule has 0 radical (unpaired) electrons. The molecule has 0 bridgehead atoms. The van der Waals surface area contributed by atoms with Crippen molar-refractivity contribution in [3.05, 3.63) is 59.7 Å². The molecule has 0 unspecified atom stereocenters. The highest BCUT2D eigenvalue weighted by Crippen LogP contribution is 2.28. The van der Waals surface area contributed by atoms with Crippen LogP contribution in [0.3, 0.4) is 0 Å². The molecule has 0 aliphatic heterocycles. The van der Waals surface area contributed by atoms with Crippen LogP contribution >= 0.6 is 11.8 Å². The predicted molar refractivity (Wildman–Crippen MR) is 80.7 cm³/mol. The molecule has 21 heavy (non-hydrogen) atoms. The van der Waals surface area contributed by atoms with Gasteiger partial charge in [-0.05, 0) is 35.4 Å². The number of nitrogens with zero attached hydrogens (tertiary/aromatic N) is 2. The maximum Gasteiger partial charge on any atom is 0.235 e. The van der Waals surface area contributed by atoms with E-state index in [1.165, 1.54) is 12.2 Å². The molecule has 104 valence electrons. The van der Waals surface area contributed by atoms with Crippen LogP contribution in [-0.4, -0.2) is 12.2 Å². The van der Waals surface area contributed by atoms with Crippen LogP contribution in [0.15, 0.2) is 68.3 Å². The minimum atomic E-state index is 0.362. The molecule has 2 rings (SSSR count). The summed E-state index contributed by atoms with van der Waals surface area (Å²) in [6.07, 6.45) is 3.06. The second-order valence-electron chi connectivity index (χ2n) is 4.20. The number of carbonyl (C=O) groups excluding carboxylic acids is 2. The molecule has 2 aromatic carbocycles. The van der Waals surface area contributed by atoms with E-state index >= 15 is 0 Å². The molecule has 0 amide bonds. The lowest BCUT2D eigenvalue weighted by atomic mass is 10.2. The standard InChI is InChI=1S/C16H12N2O2S/c19-11-17-9-13-1-5-15(6-2-13)21-16-7-3-14(4-8-16)10-18-12-20/h1-8H,9-10H2. The Morgan fingerprint density at radius 3 is 1.43 bits per heavy atom. The molecular weight excluding hydrogens is 284 g/mol. The van der Waals surface area contributed by atoms with Gasteiger partial charge in [-0.15, -0.1) is 0 Å². The first kappa shape index (κ1) is 14.9. The largest absolute Gasteiger partial charge is 0.235 e. The fourth-order valence-electron chi connectivity index (χ4n) is 1.71. The highest BCUT2D eigenvalue weighted by molar-refractivity contribution is 7.99. The lowest BCUT2D eigenvalue weighted by Gasteiger charge is -2.03. The van der Waals surface area contributed by atoms with Crippen molar-refractivity contribution >= 4 is 23.9 Å². The summed E-state index contributed by atoms with van der Waals surface area (Å²) in [5.41, 5.74) is 1.95. The van der Waals surface area contributed by atoms with E-state index in [9.17, 15) is 9.59 Å². The van der Waals surface area contributed by atoms with Gasteiger partial charge in [0.05, 0.1) is 13.1 Å². The lowest BCUT2D eigenvalue weighted by Crippen LogP contribution is -1.82. The van der Waals surface area contributed by atoms with Gasteiger partial charge in [0.15, 0.2) is 0 Å². The van der Waals surface area contributed by atoms with Gasteiger partial charge in [0.25, 0.3) is 0 Å². The number of rotatable bonds is 6. The van der Waals surface area contributed by atoms with E-state index in [0.29, 0.717) is 13.1 Å². The van der Waals surface area contributed by atoms with Gasteiger partial charge in [-0.1, -0.05) is 36.0 Å². The summed E-state index contributed by atoms with van der Waals surface area (Å²) in [6.45, 7) is 0.723. The van der Waals surface area contributed by atoms with Gasteiger partial charge < -0.3 is 0 Å². The first-order valence-corrected chi connectivity index (χ1v) is 7.06. The van der Waals surface area contributed by atoms with Crippen LogP contribution in [-0.2, 0) is 22.7 Å². The zero-order valence-corrected chi connectivity index (χ0v) is 12.0. The predicted octanol–water partition coefficient (Wildman–Crippen LogP) is 3.51. The van der Waals surface area contributed by atoms with E-state index in [1.54, 1.807) is 11.8 Å². The Balaban J connectivity index is 2.00. The molecule has 0 saturated heterocycles. The van der Waals surface area contributed by atoms with Gasteiger partial charge in [0.1, 0.15) is 0 Å². The van der Waals surface area contributed by atoms with Crippen molar-refractivity contribution in [1.29, 1.82) is 0 Å². The Morgan fingerprint density at radius 1 is 0.714 bits per heavy atom. The third kappa shape index (κ3) is 4.86. The topological polar surface area (TPSA) is 58.9 Å². The molecule has 2 aromatic rings. The van der Waals surface area contributed by atoms with Crippen LogP contribution < -0.4 is 0 Å².